The van der Waals surface area contributed by atoms with Crippen LogP contribution in [0.5, 0.6) is 5.75 Å². The predicted octanol–water partition coefficient (Wildman–Crippen LogP) is 2.47. The first-order valence-electron chi connectivity index (χ1n) is 10.0. The van der Waals surface area contributed by atoms with Crippen molar-refractivity contribution in [3.63, 3.8) is 0 Å². The highest BCUT2D eigenvalue weighted by atomic mass is 19.1. The van der Waals surface area contributed by atoms with E-state index in [9.17, 15) is 9.18 Å². The topological polar surface area (TPSA) is 36.0 Å². The highest BCUT2D eigenvalue weighted by molar-refractivity contribution is 5.78. The van der Waals surface area contributed by atoms with Crippen LogP contribution in [0.3, 0.4) is 0 Å². The largest absolute Gasteiger partial charge is 0.484 e. The molecule has 2 aliphatic rings. The molecule has 5 nitrogen and oxygen atoms in total. The third kappa shape index (κ3) is 5.42. The van der Waals surface area contributed by atoms with Crippen LogP contribution in [0, 0.1) is 11.7 Å². The number of amides is 1. The number of carbonyl (C=O) groups is 1. The summed E-state index contributed by atoms with van der Waals surface area (Å²) in [4.78, 5) is 19.3. The average Bonchev–Trinajstić information content (AvgIpc) is 2.59. The van der Waals surface area contributed by atoms with Crippen molar-refractivity contribution in [1.29, 1.82) is 0 Å². The molecule has 6 heteroatoms. The fourth-order valence-corrected chi connectivity index (χ4v) is 3.98. The van der Waals surface area contributed by atoms with Gasteiger partial charge in [0.05, 0.1) is 0 Å². The fourth-order valence-electron chi connectivity index (χ4n) is 3.98. The molecule has 27 heavy (non-hydrogen) atoms. The van der Waals surface area contributed by atoms with Crippen LogP contribution in [0.2, 0.25) is 0 Å². The second-order valence-corrected chi connectivity index (χ2v) is 8.32. The van der Waals surface area contributed by atoms with Gasteiger partial charge in [0, 0.05) is 31.7 Å². The van der Waals surface area contributed by atoms with E-state index in [1.165, 1.54) is 25.0 Å². The summed E-state index contributed by atoms with van der Waals surface area (Å²) in [5.41, 5.74) is 0. The number of rotatable bonds is 7. The highest BCUT2D eigenvalue weighted by Crippen LogP contribution is 2.25. The third-order valence-corrected chi connectivity index (χ3v) is 5.59. The summed E-state index contributed by atoms with van der Waals surface area (Å²) in [6.07, 6.45) is 2.42. The number of hydrogen-bond donors (Lipinski definition) is 0. The highest BCUT2D eigenvalue weighted by Gasteiger charge is 2.38. The first kappa shape index (κ1) is 20.1. The Labute approximate surface area is 162 Å². The van der Waals surface area contributed by atoms with Gasteiger partial charge in [-0.05, 0) is 63.2 Å². The number of likely N-dealkylation sites (tertiary alicyclic amines) is 2. The maximum atomic E-state index is 12.9. The van der Waals surface area contributed by atoms with Crippen LogP contribution >= 0.6 is 0 Å². The molecule has 0 aromatic heterocycles. The Kier molecular flexibility index (Phi) is 6.71. The minimum atomic E-state index is -0.307. The van der Waals surface area contributed by atoms with Gasteiger partial charge in [-0.2, -0.15) is 0 Å². The zero-order valence-corrected chi connectivity index (χ0v) is 16.7. The molecule has 0 spiro atoms. The molecule has 3 rings (SSSR count). The van der Waals surface area contributed by atoms with Gasteiger partial charge in [-0.1, -0.05) is 13.8 Å². The van der Waals surface area contributed by atoms with E-state index in [0.29, 0.717) is 23.8 Å². The Bertz CT molecular complexity index is 608. The van der Waals surface area contributed by atoms with E-state index in [2.05, 4.69) is 30.7 Å². The second-order valence-electron chi connectivity index (χ2n) is 8.32. The van der Waals surface area contributed by atoms with Crippen LogP contribution in [0.1, 0.15) is 26.7 Å². The van der Waals surface area contributed by atoms with E-state index in [1.54, 1.807) is 12.1 Å². The minimum Gasteiger partial charge on any atom is -0.484 e. The van der Waals surface area contributed by atoms with Crippen molar-refractivity contribution in [3.8, 4) is 5.75 Å². The Balaban J connectivity index is 1.47. The molecule has 2 aliphatic heterocycles. The third-order valence-electron chi connectivity index (χ3n) is 5.59. The number of ether oxygens (including phenoxy) is 1. The molecule has 0 aliphatic carbocycles. The van der Waals surface area contributed by atoms with Crippen molar-refractivity contribution in [2.45, 2.75) is 38.8 Å². The Morgan fingerprint density at radius 3 is 2.41 bits per heavy atom. The molecule has 2 heterocycles. The van der Waals surface area contributed by atoms with Gasteiger partial charge in [-0.3, -0.25) is 9.69 Å². The number of carbonyl (C=O) groups excluding carboxylic acids is 1. The summed E-state index contributed by atoms with van der Waals surface area (Å²) in [6, 6.07) is 6.85. The summed E-state index contributed by atoms with van der Waals surface area (Å²) >= 11 is 0. The predicted molar refractivity (Wildman–Crippen MR) is 104 cm³/mol. The molecule has 1 amide bonds. The molecule has 0 unspecified atom stereocenters. The van der Waals surface area contributed by atoms with Gasteiger partial charge in [0.2, 0.25) is 0 Å². The van der Waals surface area contributed by atoms with Crippen molar-refractivity contribution >= 4 is 5.91 Å². The van der Waals surface area contributed by atoms with Crippen molar-refractivity contribution in [3.05, 3.63) is 30.1 Å². The van der Waals surface area contributed by atoms with Crippen molar-refractivity contribution in [1.82, 2.24) is 14.7 Å². The lowest BCUT2D eigenvalue weighted by Gasteiger charge is -2.50. The molecular formula is C21H32FN3O2. The first-order chi connectivity index (χ1) is 12.9. The lowest BCUT2D eigenvalue weighted by atomic mass is 9.96. The van der Waals surface area contributed by atoms with Crippen molar-refractivity contribution < 1.29 is 13.9 Å². The minimum absolute atomic E-state index is 0.00319. The van der Waals surface area contributed by atoms with Crippen LogP contribution in [-0.2, 0) is 4.79 Å². The number of benzene rings is 1. The van der Waals surface area contributed by atoms with Gasteiger partial charge < -0.3 is 14.5 Å². The monoisotopic (exact) mass is 377 g/mol. The number of nitrogens with zero attached hydrogens (tertiary/aromatic N) is 3. The first-order valence-corrected chi connectivity index (χ1v) is 10.0. The second kappa shape index (κ2) is 9.02. The van der Waals surface area contributed by atoms with Crippen LogP contribution in [0.25, 0.3) is 0 Å². The zero-order valence-electron chi connectivity index (χ0n) is 16.7. The molecule has 0 N–H and O–H groups in total. The molecule has 0 atom stereocenters. The Hall–Kier alpha value is -1.66. The van der Waals surface area contributed by atoms with Crippen molar-refractivity contribution in [2.24, 2.45) is 5.92 Å². The van der Waals surface area contributed by atoms with Crippen LogP contribution in [0.4, 0.5) is 4.39 Å². The van der Waals surface area contributed by atoms with E-state index >= 15 is 0 Å². The molecule has 150 valence electrons. The molecule has 0 bridgehead atoms. The van der Waals surface area contributed by atoms with Gasteiger partial charge in [0.15, 0.2) is 6.61 Å². The molecule has 2 saturated heterocycles. The molecular weight excluding hydrogens is 345 g/mol. The number of halogens is 1. The number of piperidine rings is 1. The van der Waals surface area contributed by atoms with Crippen LogP contribution < -0.4 is 4.74 Å². The molecule has 1 aromatic rings. The Morgan fingerprint density at radius 1 is 1.19 bits per heavy atom. The van der Waals surface area contributed by atoms with Gasteiger partial charge in [-0.15, -0.1) is 0 Å². The van der Waals surface area contributed by atoms with Gasteiger partial charge in [0.1, 0.15) is 11.6 Å². The summed E-state index contributed by atoms with van der Waals surface area (Å²) in [5.74, 6) is 0.840. The van der Waals surface area contributed by atoms with Crippen LogP contribution in [0.15, 0.2) is 24.3 Å². The van der Waals surface area contributed by atoms with E-state index < -0.39 is 0 Å². The summed E-state index contributed by atoms with van der Waals surface area (Å²) < 4.78 is 18.4. The molecule has 2 fully saturated rings. The Morgan fingerprint density at radius 2 is 1.81 bits per heavy atom. The SMILES string of the molecule is CC(C)CN(C1CCN(C)CC1)C1CN(C(=O)COc2ccc(F)cc2)C1. The number of hydrogen-bond acceptors (Lipinski definition) is 4. The van der Waals surface area contributed by atoms with Gasteiger partial charge in [-0.25, -0.2) is 4.39 Å². The van der Waals surface area contributed by atoms with E-state index in [1.807, 2.05) is 4.90 Å². The summed E-state index contributed by atoms with van der Waals surface area (Å²) in [6.45, 7) is 9.50. The van der Waals surface area contributed by atoms with Crippen molar-refractivity contribution in [2.75, 3.05) is 46.4 Å². The molecule has 0 saturated carbocycles. The van der Waals surface area contributed by atoms with E-state index in [0.717, 1.165) is 32.7 Å². The standard InChI is InChI=1S/C21H32FN3O2/c1-16(2)12-25(18-8-10-23(3)11-9-18)19-13-24(14-19)21(26)15-27-20-6-4-17(22)5-7-20/h4-7,16,18-19H,8-15H2,1-3H3. The van der Waals surface area contributed by atoms with Crippen LogP contribution in [-0.4, -0.2) is 79.1 Å². The normalized spacial score (nSPS) is 19.6. The maximum Gasteiger partial charge on any atom is 0.260 e. The lowest BCUT2D eigenvalue weighted by molar-refractivity contribution is -0.142. The molecule has 0 radical (unpaired) electrons. The molecule has 1 aromatic carbocycles. The summed E-state index contributed by atoms with van der Waals surface area (Å²) in [5, 5.41) is 0. The zero-order chi connectivity index (χ0) is 19.4. The van der Waals surface area contributed by atoms with Gasteiger partial charge >= 0.3 is 0 Å². The lowest BCUT2D eigenvalue weighted by Crippen LogP contribution is -2.65. The van der Waals surface area contributed by atoms with E-state index in [-0.39, 0.29) is 18.3 Å². The average molecular weight is 378 g/mol. The quantitative estimate of drug-likeness (QED) is 0.731. The maximum absolute atomic E-state index is 12.9. The summed E-state index contributed by atoms with van der Waals surface area (Å²) in [7, 11) is 2.19. The van der Waals surface area contributed by atoms with Gasteiger partial charge in [0.25, 0.3) is 5.91 Å². The van der Waals surface area contributed by atoms with E-state index in [4.69, 9.17) is 4.74 Å². The fraction of sp³-hybridized carbons (Fsp3) is 0.667. The smallest absolute Gasteiger partial charge is 0.260 e.